The Morgan fingerprint density at radius 2 is 1.65 bits per heavy atom. The standard InChI is InChI=1S/C22H28N2O2/c1-5-6-17-24(4)21(25)22(2,3)26-20-11-9-18(10-12-20)7-8-19-13-15-23-16-14-19/h7-16H,5-6,17H2,1-4H3/b8-7+. The molecule has 1 aromatic carbocycles. The Bertz CT molecular complexity index is 722. The van der Waals surface area contributed by atoms with Gasteiger partial charge in [-0.1, -0.05) is 37.6 Å². The maximum Gasteiger partial charge on any atom is 0.265 e. The number of aromatic nitrogens is 1. The van der Waals surface area contributed by atoms with Gasteiger partial charge in [0, 0.05) is 26.0 Å². The molecule has 1 heterocycles. The number of benzene rings is 1. The van der Waals surface area contributed by atoms with E-state index in [-0.39, 0.29) is 5.91 Å². The highest BCUT2D eigenvalue weighted by Crippen LogP contribution is 2.21. The van der Waals surface area contributed by atoms with Crippen molar-refractivity contribution < 1.29 is 9.53 Å². The van der Waals surface area contributed by atoms with Crippen molar-refractivity contribution in [2.24, 2.45) is 0 Å². The normalized spacial score (nSPS) is 11.5. The van der Waals surface area contributed by atoms with Gasteiger partial charge in [0.1, 0.15) is 5.75 Å². The Morgan fingerprint density at radius 1 is 1.08 bits per heavy atom. The number of hydrogen-bond acceptors (Lipinski definition) is 3. The topological polar surface area (TPSA) is 42.4 Å². The Balaban J connectivity index is 1.99. The van der Waals surface area contributed by atoms with Crippen LogP contribution in [0.15, 0.2) is 48.8 Å². The minimum atomic E-state index is -0.892. The van der Waals surface area contributed by atoms with E-state index in [1.165, 1.54) is 0 Å². The van der Waals surface area contributed by atoms with E-state index in [1.807, 2.05) is 69.4 Å². The molecule has 0 bridgehead atoms. The van der Waals surface area contributed by atoms with Crippen molar-refractivity contribution in [2.75, 3.05) is 13.6 Å². The van der Waals surface area contributed by atoms with Gasteiger partial charge in [-0.3, -0.25) is 9.78 Å². The van der Waals surface area contributed by atoms with Crippen molar-refractivity contribution in [1.82, 2.24) is 9.88 Å². The highest BCUT2D eigenvalue weighted by molar-refractivity contribution is 5.84. The molecule has 0 saturated carbocycles. The van der Waals surface area contributed by atoms with Crippen molar-refractivity contribution in [2.45, 2.75) is 39.2 Å². The summed E-state index contributed by atoms with van der Waals surface area (Å²) in [4.78, 5) is 18.3. The molecule has 2 aromatic rings. The van der Waals surface area contributed by atoms with E-state index in [4.69, 9.17) is 4.74 Å². The zero-order valence-electron chi connectivity index (χ0n) is 16.1. The van der Waals surface area contributed by atoms with Crippen LogP contribution < -0.4 is 4.74 Å². The van der Waals surface area contributed by atoms with Gasteiger partial charge >= 0.3 is 0 Å². The summed E-state index contributed by atoms with van der Waals surface area (Å²) in [5.74, 6) is 0.681. The molecular formula is C22H28N2O2. The monoisotopic (exact) mass is 352 g/mol. The minimum absolute atomic E-state index is 0.00684. The van der Waals surface area contributed by atoms with Gasteiger partial charge in [0.25, 0.3) is 5.91 Å². The Morgan fingerprint density at radius 3 is 2.23 bits per heavy atom. The molecule has 26 heavy (non-hydrogen) atoms. The summed E-state index contributed by atoms with van der Waals surface area (Å²) in [5.41, 5.74) is 1.28. The second-order valence-corrected chi connectivity index (χ2v) is 6.88. The smallest absolute Gasteiger partial charge is 0.265 e. The SMILES string of the molecule is CCCCN(C)C(=O)C(C)(C)Oc1ccc(/C=C/c2ccncc2)cc1. The van der Waals surface area contributed by atoms with E-state index in [0.717, 1.165) is 30.5 Å². The third-order valence-corrected chi connectivity index (χ3v) is 4.14. The number of carbonyl (C=O) groups excluding carboxylic acids is 1. The number of amides is 1. The zero-order chi connectivity index (χ0) is 19.0. The van der Waals surface area contributed by atoms with Crippen LogP contribution in [-0.4, -0.2) is 35.0 Å². The fraction of sp³-hybridized carbons (Fsp3) is 0.364. The first kappa shape index (κ1) is 19.7. The first-order valence-corrected chi connectivity index (χ1v) is 9.05. The second-order valence-electron chi connectivity index (χ2n) is 6.88. The Kier molecular flexibility index (Phi) is 6.96. The molecule has 0 N–H and O–H groups in total. The quantitative estimate of drug-likeness (QED) is 0.693. The molecule has 0 saturated heterocycles. The molecule has 0 aliphatic carbocycles. The lowest BCUT2D eigenvalue weighted by molar-refractivity contribution is -0.144. The van der Waals surface area contributed by atoms with Crippen LogP contribution in [0.5, 0.6) is 5.75 Å². The third kappa shape index (κ3) is 5.73. The summed E-state index contributed by atoms with van der Waals surface area (Å²) in [6.07, 6.45) is 9.67. The number of carbonyl (C=O) groups is 1. The van der Waals surface area contributed by atoms with E-state index in [2.05, 4.69) is 11.9 Å². The first-order chi connectivity index (χ1) is 12.4. The molecule has 1 aromatic heterocycles. The summed E-state index contributed by atoms with van der Waals surface area (Å²) in [6, 6.07) is 11.7. The van der Waals surface area contributed by atoms with Crippen LogP contribution in [-0.2, 0) is 4.79 Å². The summed E-state index contributed by atoms with van der Waals surface area (Å²) in [7, 11) is 1.83. The summed E-state index contributed by atoms with van der Waals surface area (Å²) in [6.45, 7) is 6.50. The van der Waals surface area contributed by atoms with E-state index < -0.39 is 5.60 Å². The predicted octanol–water partition coefficient (Wildman–Crippen LogP) is 4.67. The van der Waals surface area contributed by atoms with Crippen molar-refractivity contribution in [3.63, 3.8) is 0 Å². The summed E-state index contributed by atoms with van der Waals surface area (Å²) >= 11 is 0. The van der Waals surface area contributed by atoms with Crippen LogP contribution in [0, 0.1) is 0 Å². The fourth-order valence-corrected chi connectivity index (χ4v) is 2.61. The maximum atomic E-state index is 12.6. The minimum Gasteiger partial charge on any atom is -0.478 e. The van der Waals surface area contributed by atoms with Gasteiger partial charge in [0.15, 0.2) is 5.60 Å². The largest absolute Gasteiger partial charge is 0.478 e. The number of hydrogen-bond donors (Lipinski definition) is 0. The molecule has 0 unspecified atom stereocenters. The molecule has 1 amide bonds. The number of ether oxygens (including phenoxy) is 1. The lowest BCUT2D eigenvalue weighted by Crippen LogP contribution is -2.47. The number of likely N-dealkylation sites (N-methyl/N-ethyl adjacent to an activating group) is 1. The molecular weight excluding hydrogens is 324 g/mol. The van der Waals surface area contributed by atoms with Gasteiger partial charge in [-0.15, -0.1) is 0 Å². The predicted molar refractivity (Wildman–Crippen MR) is 107 cm³/mol. The number of nitrogens with zero attached hydrogens (tertiary/aromatic N) is 2. The first-order valence-electron chi connectivity index (χ1n) is 9.05. The molecule has 0 radical (unpaired) electrons. The molecule has 0 fully saturated rings. The lowest BCUT2D eigenvalue weighted by Gasteiger charge is -2.30. The number of pyridine rings is 1. The summed E-state index contributed by atoms with van der Waals surface area (Å²) in [5, 5.41) is 0. The van der Waals surface area contributed by atoms with E-state index in [0.29, 0.717) is 5.75 Å². The van der Waals surface area contributed by atoms with Crippen LogP contribution in [0.25, 0.3) is 12.2 Å². The molecule has 0 spiro atoms. The fourth-order valence-electron chi connectivity index (χ4n) is 2.61. The molecule has 0 atom stereocenters. The van der Waals surface area contributed by atoms with Crippen molar-refractivity contribution in [3.05, 3.63) is 59.9 Å². The van der Waals surface area contributed by atoms with Crippen LogP contribution in [0.4, 0.5) is 0 Å². The number of rotatable bonds is 8. The lowest BCUT2D eigenvalue weighted by atomic mass is 10.1. The van der Waals surface area contributed by atoms with Gasteiger partial charge < -0.3 is 9.64 Å². The second kappa shape index (κ2) is 9.18. The van der Waals surface area contributed by atoms with E-state index in [9.17, 15) is 4.79 Å². The highest BCUT2D eigenvalue weighted by Gasteiger charge is 2.32. The molecule has 138 valence electrons. The average molecular weight is 352 g/mol. The van der Waals surface area contributed by atoms with Crippen LogP contribution in [0.1, 0.15) is 44.7 Å². The van der Waals surface area contributed by atoms with Gasteiger partial charge in [0.2, 0.25) is 0 Å². The van der Waals surface area contributed by atoms with Gasteiger partial charge in [-0.05, 0) is 55.7 Å². The Hall–Kier alpha value is -2.62. The molecule has 4 nitrogen and oxygen atoms in total. The molecule has 0 aliphatic heterocycles. The average Bonchev–Trinajstić information content (AvgIpc) is 2.65. The van der Waals surface area contributed by atoms with Crippen LogP contribution in [0.2, 0.25) is 0 Å². The Labute approximate surface area is 156 Å². The van der Waals surface area contributed by atoms with E-state index in [1.54, 1.807) is 17.3 Å². The third-order valence-electron chi connectivity index (χ3n) is 4.14. The van der Waals surface area contributed by atoms with Gasteiger partial charge in [0.05, 0.1) is 0 Å². The van der Waals surface area contributed by atoms with Crippen LogP contribution >= 0.6 is 0 Å². The van der Waals surface area contributed by atoms with Crippen LogP contribution in [0.3, 0.4) is 0 Å². The summed E-state index contributed by atoms with van der Waals surface area (Å²) < 4.78 is 5.96. The van der Waals surface area contributed by atoms with Crippen molar-refractivity contribution in [3.8, 4) is 5.75 Å². The highest BCUT2D eigenvalue weighted by atomic mass is 16.5. The van der Waals surface area contributed by atoms with E-state index >= 15 is 0 Å². The molecule has 4 heteroatoms. The maximum absolute atomic E-state index is 12.6. The van der Waals surface area contributed by atoms with Crippen molar-refractivity contribution in [1.29, 1.82) is 0 Å². The molecule has 0 aliphatic rings. The van der Waals surface area contributed by atoms with Crippen molar-refractivity contribution >= 4 is 18.1 Å². The number of unbranched alkanes of at least 4 members (excludes halogenated alkanes) is 1. The molecule has 2 rings (SSSR count). The van der Waals surface area contributed by atoms with Gasteiger partial charge in [-0.25, -0.2) is 0 Å². The zero-order valence-corrected chi connectivity index (χ0v) is 16.1. The van der Waals surface area contributed by atoms with Gasteiger partial charge in [-0.2, -0.15) is 0 Å².